The summed E-state index contributed by atoms with van der Waals surface area (Å²) in [5.74, 6) is -2.74. The highest BCUT2D eigenvalue weighted by atomic mass is 32.2. The van der Waals surface area contributed by atoms with Gasteiger partial charge in [-0.3, -0.25) is 9.69 Å². The summed E-state index contributed by atoms with van der Waals surface area (Å²) < 4.78 is 64.7. The molecule has 222 valence electrons. The van der Waals surface area contributed by atoms with Crippen LogP contribution >= 0.6 is 11.8 Å². The van der Waals surface area contributed by atoms with Crippen molar-refractivity contribution in [2.24, 2.45) is 16.5 Å². The van der Waals surface area contributed by atoms with E-state index in [1.165, 1.54) is 30.0 Å². The minimum atomic E-state index is -4.59. The van der Waals surface area contributed by atoms with Crippen LogP contribution in [-0.4, -0.2) is 70.9 Å². The molecule has 0 radical (unpaired) electrons. The van der Waals surface area contributed by atoms with Gasteiger partial charge in [-0.25, -0.2) is 23.7 Å². The lowest BCUT2D eigenvalue weighted by Crippen LogP contribution is -2.45. The van der Waals surface area contributed by atoms with Crippen LogP contribution in [0, 0.1) is 0 Å². The Hall–Kier alpha value is -3.46. The molecule has 1 aromatic carbocycles. The van der Waals surface area contributed by atoms with Crippen LogP contribution in [0.3, 0.4) is 0 Å². The van der Waals surface area contributed by atoms with Crippen molar-refractivity contribution in [3.05, 3.63) is 42.1 Å². The third-order valence-corrected chi connectivity index (χ3v) is 7.38. The van der Waals surface area contributed by atoms with Crippen LogP contribution in [0.2, 0.25) is 0 Å². The quantitative estimate of drug-likeness (QED) is 0.173. The van der Waals surface area contributed by atoms with E-state index in [9.17, 15) is 26.7 Å². The predicted molar refractivity (Wildman–Crippen MR) is 147 cm³/mol. The van der Waals surface area contributed by atoms with Crippen molar-refractivity contribution >= 4 is 40.8 Å². The molecular formula is C26H31F5N8OS. The molecule has 9 nitrogen and oxygen atoms in total. The fourth-order valence-electron chi connectivity index (χ4n) is 4.70. The number of nitrogens with one attached hydrogen (secondary N) is 1. The van der Waals surface area contributed by atoms with E-state index >= 15 is 0 Å². The van der Waals surface area contributed by atoms with Gasteiger partial charge in [0.1, 0.15) is 18.1 Å². The molecule has 0 saturated carbocycles. The number of alkyl halides is 5. The standard InChI is InChI=1S/C26H31F5N8OS/c1-16(32)12-20(33)35-21-13-22(38-9-6-18(7-10-38)39-11-8-25(27,28)15-39)37-24(36-21)41-19-4-2-17(3-5-19)34-23(40)14-26(29,30)31/h2-5,12-13,18H,6-11,14-15,32H2,1H3,(H,34,40)(H2,33,35,36,37). The smallest absolute Gasteiger partial charge is 0.397 e. The second kappa shape index (κ2) is 12.6. The third kappa shape index (κ3) is 9.28. The normalized spacial score (nSPS) is 19.0. The first-order chi connectivity index (χ1) is 19.2. The number of halogens is 5. The summed E-state index contributed by atoms with van der Waals surface area (Å²) in [4.78, 5) is 29.7. The van der Waals surface area contributed by atoms with Crippen molar-refractivity contribution < 1.29 is 26.7 Å². The number of hydrogen-bond donors (Lipinski definition) is 3. The molecule has 1 amide bonds. The first-order valence-corrected chi connectivity index (χ1v) is 13.7. The van der Waals surface area contributed by atoms with E-state index in [4.69, 9.17) is 11.5 Å². The molecule has 1 aromatic heterocycles. The Labute approximate surface area is 238 Å². The number of hydrogen-bond acceptors (Lipinski definition) is 8. The first kappa shape index (κ1) is 30.5. The molecule has 0 bridgehead atoms. The number of piperidine rings is 1. The monoisotopic (exact) mass is 598 g/mol. The Morgan fingerprint density at radius 3 is 2.44 bits per heavy atom. The van der Waals surface area contributed by atoms with Gasteiger partial charge in [0.05, 0.1) is 6.54 Å². The minimum absolute atomic E-state index is 0.0799. The average molecular weight is 599 g/mol. The number of aliphatic imine (C=N–C) groups is 1. The SMILES string of the molecule is CC(N)=CC(N)=Nc1cc(N2CCC(N3CCC(F)(F)C3)CC2)nc(Sc2ccc(NC(=O)CC(F)(F)F)cc2)n1. The summed E-state index contributed by atoms with van der Waals surface area (Å²) in [5.41, 5.74) is 12.4. The van der Waals surface area contributed by atoms with Gasteiger partial charge < -0.3 is 21.7 Å². The largest absolute Gasteiger partial charge is 0.402 e. The van der Waals surface area contributed by atoms with E-state index < -0.39 is 24.4 Å². The lowest BCUT2D eigenvalue weighted by Gasteiger charge is -2.37. The van der Waals surface area contributed by atoms with Crippen LogP contribution in [0.4, 0.5) is 39.3 Å². The molecule has 2 aliphatic rings. The number of rotatable bonds is 8. The Balaban J connectivity index is 1.49. The summed E-state index contributed by atoms with van der Waals surface area (Å²) >= 11 is 1.20. The molecule has 15 heteroatoms. The zero-order chi connectivity index (χ0) is 29.8. The van der Waals surface area contributed by atoms with Gasteiger partial charge in [0.2, 0.25) is 5.91 Å². The number of anilines is 2. The van der Waals surface area contributed by atoms with Gasteiger partial charge in [-0.2, -0.15) is 13.2 Å². The number of nitrogens with zero attached hydrogens (tertiary/aromatic N) is 5. The Bertz CT molecular complexity index is 1290. The lowest BCUT2D eigenvalue weighted by atomic mass is 10.0. The highest BCUT2D eigenvalue weighted by Gasteiger charge is 2.41. The summed E-state index contributed by atoms with van der Waals surface area (Å²) in [6, 6.07) is 7.99. The van der Waals surface area contributed by atoms with E-state index in [0.29, 0.717) is 59.9 Å². The van der Waals surface area contributed by atoms with E-state index in [0.717, 1.165) is 0 Å². The van der Waals surface area contributed by atoms with Crippen LogP contribution in [0.15, 0.2) is 57.1 Å². The predicted octanol–water partition coefficient (Wildman–Crippen LogP) is 4.68. The maximum atomic E-state index is 13.7. The van der Waals surface area contributed by atoms with Crippen molar-refractivity contribution in [3.8, 4) is 0 Å². The molecular weight excluding hydrogens is 567 g/mol. The van der Waals surface area contributed by atoms with Crippen LogP contribution < -0.4 is 21.7 Å². The second-order valence-electron chi connectivity index (χ2n) is 10.1. The number of aromatic nitrogens is 2. The van der Waals surface area contributed by atoms with Gasteiger partial charge in [-0.1, -0.05) is 0 Å². The zero-order valence-corrected chi connectivity index (χ0v) is 23.1. The molecule has 2 aromatic rings. The van der Waals surface area contributed by atoms with Crippen molar-refractivity contribution in [2.75, 3.05) is 36.4 Å². The highest BCUT2D eigenvalue weighted by molar-refractivity contribution is 7.99. The number of nitrogens with two attached hydrogens (primary N) is 2. The molecule has 0 unspecified atom stereocenters. The van der Waals surface area contributed by atoms with Gasteiger partial charge in [0.15, 0.2) is 11.0 Å². The number of amidine groups is 1. The molecule has 4 rings (SSSR count). The van der Waals surface area contributed by atoms with Gasteiger partial charge in [-0.05, 0) is 61.9 Å². The van der Waals surface area contributed by atoms with Crippen LogP contribution in [0.5, 0.6) is 0 Å². The number of carbonyl (C=O) groups is 1. The van der Waals surface area contributed by atoms with Crippen molar-refractivity contribution in [1.29, 1.82) is 0 Å². The van der Waals surface area contributed by atoms with Crippen LogP contribution in [-0.2, 0) is 4.79 Å². The number of carbonyl (C=O) groups excluding carboxylic acids is 1. The summed E-state index contributed by atoms with van der Waals surface area (Å²) in [6.45, 7) is 3.08. The van der Waals surface area contributed by atoms with Crippen molar-refractivity contribution in [1.82, 2.24) is 14.9 Å². The average Bonchev–Trinajstić information content (AvgIpc) is 3.23. The molecule has 0 atom stereocenters. The van der Waals surface area contributed by atoms with E-state index in [2.05, 4.69) is 25.2 Å². The summed E-state index contributed by atoms with van der Waals surface area (Å²) in [5, 5.41) is 2.56. The molecule has 41 heavy (non-hydrogen) atoms. The van der Waals surface area contributed by atoms with Gasteiger partial charge >= 0.3 is 6.18 Å². The maximum absolute atomic E-state index is 13.7. The highest BCUT2D eigenvalue weighted by Crippen LogP contribution is 2.34. The van der Waals surface area contributed by atoms with Gasteiger partial charge in [-0.15, -0.1) is 0 Å². The van der Waals surface area contributed by atoms with E-state index in [-0.39, 0.29) is 30.5 Å². The minimum Gasteiger partial charge on any atom is -0.402 e. The second-order valence-corrected chi connectivity index (χ2v) is 11.1. The summed E-state index contributed by atoms with van der Waals surface area (Å²) in [6.07, 6.45) is -3.36. The number of likely N-dealkylation sites (tertiary alicyclic amines) is 1. The number of amides is 1. The molecule has 2 saturated heterocycles. The van der Waals surface area contributed by atoms with E-state index in [1.807, 2.05) is 4.90 Å². The Morgan fingerprint density at radius 2 is 1.85 bits per heavy atom. The van der Waals surface area contributed by atoms with Crippen LogP contribution in [0.1, 0.15) is 32.6 Å². The van der Waals surface area contributed by atoms with E-state index in [1.54, 1.807) is 25.1 Å². The fourth-order valence-corrected chi connectivity index (χ4v) is 5.46. The Morgan fingerprint density at radius 1 is 1.17 bits per heavy atom. The Kier molecular flexibility index (Phi) is 9.37. The van der Waals surface area contributed by atoms with Gasteiger partial charge in [0, 0.05) is 54.4 Å². The molecule has 2 fully saturated rings. The summed E-state index contributed by atoms with van der Waals surface area (Å²) in [7, 11) is 0. The lowest BCUT2D eigenvalue weighted by molar-refractivity contribution is -0.150. The fraction of sp³-hybridized carbons (Fsp3) is 0.462. The van der Waals surface area contributed by atoms with Crippen LogP contribution in [0.25, 0.3) is 0 Å². The molecule has 0 aliphatic carbocycles. The third-order valence-electron chi connectivity index (χ3n) is 6.51. The van der Waals surface area contributed by atoms with Crippen molar-refractivity contribution in [2.45, 2.75) is 60.8 Å². The topological polar surface area (TPSA) is 126 Å². The van der Waals surface area contributed by atoms with Gasteiger partial charge in [0.25, 0.3) is 5.92 Å². The molecule has 0 spiro atoms. The maximum Gasteiger partial charge on any atom is 0.397 e. The first-order valence-electron chi connectivity index (χ1n) is 12.9. The number of allylic oxidation sites excluding steroid dienone is 1. The molecule has 5 N–H and O–H groups in total. The molecule has 3 heterocycles. The number of benzene rings is 1. The van der Waals surface area contributed by atoms with Crippen molar-refractivity contribution in [3.63, 3.8) is 0 Å². The zero-order valence-electron chi connectivity index (χ0n) is 22.3. The molecule has 2 aliphatic heterocycles.